The van der Waals surface area contributed by atoms with Crippen molar-refractivity contribution in [1.29, 1.82) is 0 Å². The Labute approximate surface area is 197 Å². The molecule has 1 aliphatic rings. The first-order valence-electron chi connectivity index (χ1n) is 10.9. The minimum absolute atomic E-state index is 0.156. The summed E-state index contributed by atoms with van der Waals surface area (Å²) in [4.78, 5) is 14.8. The van der Waals surface area contributed by atoms with Gasteiger partial charge < -0.3 is 15.7 Å². The molecular weight excluding hydrogens is 438 g/mol. The van der Waals surface area contributed by atoms with Gasteiger partial charge in [0.1, 0.15) is 17.2 Å². The molecular formula is C26H26F2N4O2. The summed E-state index contributed by atoms with van der Waals surface area (Å²) < 4.78 is 29.0. The number of hydrogen-bond acceptors (Lipinski definition) is 4. The molecule has 0 saturated heterocycles. The lowest BCUT2D eigenvalue weighted by atomic mass is 10.0. The summed E-state index contributed by atoms with van der Waals surface area (Å²) in [7, 11) is 1.80. The predicted octanol–water partition coefficient (Wildman–Crippen LogP) is 3.01. The molecule has 1 aliphatic heterocycles. The predicted molar refractivity (Wildman–Crippen MR) is 125 cm³/mol. The van der Waals surface area contributed by atoms with E-state index in [0.29, 0.717) is 23.2 Å². The highest BCUT2D eigenvalue weighted by atomic mass is 19.1. The first kappa shape index (κ1) is 23.6. The van der Waals surface area contributed by atoms with Gasteiger partial charge in [-0.25, -0.2) is 8.78 Å². The number of nitrogens with zero attached hydrogens (tertiary/aromatic N) is 3. The third-order valence-electron chi connectivity index (χ3n) is 5.76. The van der Waals surface area contributed by atoms with Crippen LogP contribution in [0.1, 0.15) is 40.9 Å². The molecule has 8 heteroatoms. The van der Waals surface area contributed by atoms with Crippen LogP contribution in [0.15, 0.2) is 42.6 Å². The van der Waals surface area contributed by atoms with E-state index in [1.807, 2.05) is 12.1 Å². The average Bonchev–Trinajstić information content (AvgIpc) is 3.28. The Morgan fingerprint density at radius 2 is 1.91 bits per heavy atom. The Morgan fingerprint density at radius 1 is 1.21 bits per heavy atom. The number of amides is 1. The lowest BCUT2D eigenvalue weighted by molar-refractivity contribution is 0.0708. The van der Waals surface area contributed by atoms with Gasteiger partial charge in [-0.05, 0) is 55.7 Å². The fraction of sp³-hybridized carbons (Fsp3) is 0.308. The number of nitrogens with two attached hydrogens (primary N) is 1. The average molecular weight is 465 g/mol. The number of halogens is 2. The molecule has 0 aliphatic carbocycles. The number of hydrogen-bond donors (Lipinski definition) is 2. The Hall–Kier alpha value is -3.54. The minimum atomic E-state index is -1.14. The van der Waals surface area contributed by atoms with Crippen LogP contribution in [0.3, 0.4) is 0 Å². The van der Waals surface area contributed by atoms with Gasteiger partial charge in [0.05, 0.1) is 17.5 Å². The molecule has 2 heterocycles. The zero-order valence-corrected chi connectivity index (χ0v) is 19.3. The van der Waals surface area contributed by atoms with E-state index in [0.717, 1.165) is 22.9 Å². The van der Waals surface area contributed by atoms with Gasteiger partial charge >= 0.3 is 0 Å². The van der Waals surface area contributed by atoms with Crippen LogP contribution in [0.4, 0.5) is 8.78 Å². The minimum Gasteiger partial charge on any atom is -0.378 e. The highest BCUT2D eigenvalue weighted by Gasteiger charge is 2.32. The maximum atomic E-state index is 13.6. The fourth-order valence-corrected chi connectivity index (χ4v) is 4.20. The number of carbonyl (C=O) groups excluding carboxylic acids is 1. The maximum absolute atomic E-state index is 13.6. The van der Waals surface area contributed by atoms with Crippen LogP contribution >= 0.6 is 0 Å². The van der Waals surface area contributed by atoms with Crippen molar-refractivity contribution in [2.75, 3.05) is 6.54 Å². The SMILES string of the molecule is Cn1ncc(C#CC(C)(C)O)c1-c1ccc2c(c1)CN([C@H](CN)Cc1cc(F)cc(F)c1)C2=O. The van der Waals surface area contributed by atoms with Crippen molar-refractivity contribution in [2.24, 2.45) is 12.8 Å². The molecule has 34 heavy (non-hydrogen) atoms. The van der Waals surface area contributed by atoms with E-state index in [9.17, 15) is 18.7 Å². The summed E-state index contributed by atoms with van der Waals surface area (Å²) in [5.74, 6) is 4.30. The molecule has 1 amide bonds. The Morgan fingerprint density at radius 3 is 2.56 bits per heavy atom. The van der Waals surface area contributed by atoms with Crippen LogP contribution in [0.2, 0.25) is 0 Å². The Bertz CT molecular complexity index is 1290. The van der Waals surface area contributed by atoms with E-state index in [1.165, 1.54) is 12.1 Å². The standard InChI is InChI=1S/C26H26F2N4O2/c1-26(2,34)7-6-18-14-30-31(3)24(18)17-4-5-23-19(11-17)15-32(25(23)33)22(13-29)10-16-8-20(27)12-21(28)9-16/h4-5,8-9,11-12,14,22,34H,10,13,15,29H2,1-3H3/t22-/m0/s1. The molecule has 0 bridgehead atoms. The quantitative estimate of drug-likeness (QED) is 0.569. The fourth-order valence-electron chi connectivity index (χ4n) is 4.20. The topological polar surface area (TPSA) is 84.4 Å². The molecule has 0 spiro atoms. The number of carbonyl (C=O) groups is 1. The second-order valence-electron chi connectivity index (χ2n) is 9.02. The largest absolute Gasteiger partial charge is 0.378 e. The van der Waals surface area contributed by atoms with Crippen molar-refractivity contribution in [3.63, 3.8) is 0 Å². The van der Waals surface area contributed by atoms with Gasteiger partial charge in [-0.1, -0.05) is 17.9 Å². The van der Waals surface area contributed by atoms with Crippen LogP contribution in [-0.4, -0.2) is 43.9 Å². The first-order chi connectivity index (χ1) is 16.1. The van der Waals surface area contributed by atoms with Crippen LogP contribution in [0, 0.1) is 23.5 Å². The van der Waals surface area contributed by atoms with Gasteiger partial charge in [0.2, 0.25) is 0 Å². The number of aliphatic hydroxyl groups is 1. The molecule has 4 rings (SSSR count). The zero-order chi connectivity index (χ0) is 24.6. The number of aromatic nitrogens is 2. The summed E-state index contributed by atoms with van der Waals surface area (Å²) in [6.45, 7) is 3.71. The van der Waals surface area contributed by atoms with Gasteiger partial charge in [-0.2, -0.15) is 5.10 Å². The highest BCUT2D eigenvalue weighted by Crippen LogP contribution is 2.31. The lowest BCUT2D eigenvalue weighted by Crippen LogP contribution is -2.42. The summed E-state index contributed by atoms with van der Waals surface area (Å²) in [5, 5.41) is 14.2. The summed E-state index contributed by atoms with van der Waals surface area (Å²) >= 11 is 0. The second kappa shape index (κ2) is 9.01. The van der Waals surface area contributed by atoms with Crippen LogP contribution in [0.5, 0.6) is 0 Å². The molecule has 0 unspecified atom stereocenters. The zero-order valence-electron chi connectivity index (χ0n) is 19.3. The van der Waals surface area contributed by atoms with Gasteiger partial charge in [0, 0.05) is 43.4 Å². The number of benzene rings is 2. The van der Waals surface area contributed by atoms with Gasteiger partial charge in [0.25, 0.3) is 5.91 Å². The van der Waals surface area contributed by atoms with Crippen molar-refractivity contribution in [3.05, 3.63) is 76.5 Å². The van der Waals surface area contributed by atoms with E-state index in [4.69, 9.17) is 5.73 Å². The van der Waals surface area contributed by atoms with E-state index < -0.39 is 23.3 Å². The molecule has 0 fully saturated rings. The van der Waals surface area contributed by atoms with E-state index in [-0.39, 0.29) is 18.9 Å². The van der Waals surface area contributed by atoms with Crippen molar-refractivity contribution in [2.45, 2.75) is 38.5 Å². The van der Waals surface area contributed by atoms with E-state index in [2.05, 4.69) is 16.9 Å². The molecule has 3 aromatic rings. The van der Waals surface area contributed by atoms with E-state index in [1.54, 1.807) is 42.7 Å². The maximum Gasteiger partial charge on any atom is 0.254 e. The number of fused-ring (bicyclic) bond motifs is 1. The number of rotatable bonds is 5. The van der Waals surface area contributed by atoms with Gasteiger partial charge in [-0.15, -0.1) is 0 Å². The third kappa shape index (κ3) is 4.86. The normalized spacial score (nSPS) is 14.1. The molecule has 0 saturated carbocycles. The summed E-state index contributed by atoms with van der Waals surface area (Å²) in [6.07, 6.45) is 1.89. The van der Waals surface area contributed by atoms with Crippen molar-refractivity contribution in [1.82, 2.24) is 14.7 Å². The first-order valence-corrected chi connectivity index (χ1v) is 10.9. The van der Waals surface area contributed by atoms with Crippen molar-refractivity contribution in [3.8, 4) is 23.1 Å². The monoisotopic (exact) mass is 464 g/mol. The molecule has 1 atom stereocenters. The van der Waals surface area contributed by atoms with Gasteiger partial charge in [0.15, 0.2) is 0 Å². The van der Waals surface area contributed by atoms with Crippen LogP contribution in [0.25, 0.3) is 11.3 Å². The van der Waals surface area contributed by atoms with E-state index >= 15 is 0 Å². The molecule has 0 radical (unpaired) electrons. The molecule has 176 valence electrons. The smallest absolute Gasteiger partial charge is 0.254 e. The van der Waals surface area contributed by atoms with Crippen LogP contribution in [-0.2, 0) is 20.0 Å². The molecule has 6 nitrogen and oxygen atoms in total. The Balaban J connectivity index is 1.62. The van der Waals surface area contributed by atoms with Crippen molar-refractivity contribution >= 4 is 5.91 Å². The summed E-state index contributed by atoms with van der Waals surface area (Å²) in [5.41, 5.74) is 8.94. The third-order valence-corrected chi connectivity index (χ3v) is 5.76. The van der Waals surface area contributed by atoms with Crippen LogP contribution < -0.4 is 5.73 Å². The van der Waals surface area contributed by atoms with Crippen molar-refractivity contribution < 1.29 is 18.7 Å². The van der Waals surface area contributed by atoms with Gasteiger partial charge in [-0.3, -0.25) is 9.48 Å². The molecule has 3 N–H and O–H groups in total. The highest BCUT2D eigenvalue weighted by molar-refractivity contribution is 5.99. The lowest BCUT2D eigenvalue weighted by Gasteiger charge is -2.26. The molecule has 2 aromatic carbocycles. The number of aryl methyl sites for hydroxylation is 1. The summed E-state index contributed by atoms with van der Waals surface area (Å²) in [6, 6.07) is 8.46. The molecule has 1 aromatic heterocycles. The second-order valence-corrected chi connectivity index (χ2v) is 9.02. The Kier molecular flexibility index (Phi) is 6.26.